The van der Waals surface area contributed by atoms with Gasteiger partial charge in [0, 0.05) is 13.1 Å². The van der Waals surface area contributed by atoms with E-state index in [1.807, 2.05) is 13.8 Å². The number of methoxy groups -OCH3 is 1. The Morgan fingerprint density at radius 1 is 1.18 bits per heavy atom. The van der Waals surface area contributed by atoms with Crippen LogP contribution in [-0.4, -0.2) is 45.8 Å². The lowest BCUT2D eigenvalue weighted by Gasteiger charge is -2.31. The van der Waals surface area contributed by atoms with Gasteiger partial charge in [-0.05, 0) is 59.3 Å². The number of hydrogen-bond donors (Lipinski definition) is 4. The molecular weight excluding hydrogens is 513 g/mol. The number of carbonyl (C=O) groups is 3. The molecule has 0 spiro atoms. The van der Waals surface area contributed by atoms with E-state index in [2.05, 4.69) is 9.69 Å². The van der Waals surface area contributed by atoms with Gasteiger partial charge in [0.1, 0.15) is 16.7 Å². The number of benzene rings is 2. The lowest BCUT2D eigenvalue weighted by Crippen LogP contribution is -2.43. The van der Waals surface area contributed by atoms with E-state index in [4.69, 9.17) is 16.2 Å². The molecule has 3 rings (SSSR count). The molecule has 6 N–H and O–H groups in total. The lowest BCUT2D eigenvalue weighted by molar-refractivity contribution is -0.126. The molecule has 1 heterocycles. The smallest absolute Gasteiger partial charge is 0.270 e. The molecule has 10 nitrogen and oxygen atoms in total. The fraction of sp³-hybridized carbons (Fsp3) is 0.308. The van der Waals surface area contributed by atoms with Crippen LogP contribution in [0.4, 0.5) is 10.1 Å². The summed E-state index contributed by atoms with van der Waals surface area (Å²) in [6.07, 6.45) is 0.701. The Morgan fingerprint density at radius 2 is 1.87 bits per heavy atom. The molecular formula is C26H30FN5O5S. The standard InChI is InChI=1S/C26H30FN5O5S/c1-14(2)10-11-30-25(35)22(16-6-9-18(33)19(12-16)37-3)32(13-15-4-7-17(27)8-5-15)26(36)23-20(28)21(24(29)34)31-38-23/h4-9,12,14,22,33H,10-11,13,28H2,1-3H3,(H2,29,34)(H,30,35). The Bertz CT molecular complexity index is 1310. The van der Waals surface area contributed by atoms with E-state index < -0.39 is 29.6 Å². The zero-order chi connectivity index (χ0) is 28.0. The van der Waals surface area contributed by atoms with Crippen LogP contribution in [0.5, 0.6) is 11.5 Å². The maximum atomic E-state index is 13.9. The predicted octanol–water partition coefficient (Wildman–Crippen LogP) is 3.22. The van der Waals surface area contributed by atoms with Crippen LogP contribution in [0.2, 0.25) is 0 Å². The highest BCUT2D eigenvalue weighted by atomic mass is 32.1. The van der Waals surface area contributed by atoms with E-state index in [-0.39, 0.29) is 34.3 Å². The summed E-state index contributed by atoms with van der Waals surface area (Å²) in [6.45, 7) is 4.27. The van der Waals surface area contributed by atoms with Gasteiger partial charge < -0.3 is 31.5 Å². The van der Waals surface area contributed by atoms with Crippen LogP contribution in [0.1, 0.15) is 57.6 Å². The van der Waals surface area contributed by atoms with Crippen LogP contribution >= 0.6 is 11.5 Å². The SMILES string of the molecule is COc1cc(C(C(=O)NCCC(C)C)N(Cc2ccc(F)cc2)C(=O)c2snc(C(N)=O)c2N)ccc1O. The number of amides is 3. The van der Waals surface area contributed by atoms with Crippen molar-refractivity contribution in [3.63, 3.8) is 0 Å². The second kappa shape index (κ2) is 12.4. The number of aromatic nitrogens is 1. The van der Waals surface area contributed by atoms with Crippen molar-refractivity contribution in [3.05, 3.63) is 70.0 Å². The van der Waals surface area contributed by atoms with Crippen molar-refractivity contribution < 1.29 is 28.6 Å². The quantitative estimate of drug-likeness (QED) is 0.289. The number of primary amides is 1. The molecule has 1 aromatic heterocycles. The first kappa shape index (κ1) is 28.4. The van der Waals surface area contributed by atoms with E-state index in [1.165, 1.54) is 54.5 Å². The molecule has 0 saturated heterocycles. The lowest BCUT2D eigenvalue weighted by atomic mass is 10.0. The summed E-state index contributed by atoms with van der Waals surface area (Å²) in [5.41, 5.74) is 11.8. The number of phenols is 1. The molecule has 0 saturated carbocycles. The summed E-state index contributed by atoms with van der Waals surface area (Å²) in [7, 11) is 1.36. The molecule has 0 aliphatic carbocycles. The van der Waals surface area contributed by atoms with E-state index in [1.54, 1.807) is 0 Å². The first-order valence-corrected chi connectivity index (χ1v) is 12.6. The minimum atomic E-state index is -1.22. The van der Waals surface area contributed by atoms with Crippen LogP contribution in [-0.2, 0) is 11.3 Å². The number of anilines is 1. The van der Waals surface area contributed by atoms with Crippen LogP contribution < -0.4 is 21.5 Å². The van der Waals surface area contributed by atoms with Gasteiger partial charge >= 0.3 is 0 Å². The fourth-order valence-corrected chi connectivity index (χ4v) is 4.51. The second-order valence-electron chi connectivity index (χ2n) is 9.01. The Labute approximate surface area is 223 Å². The van der Waals surface area contributed by atoms with E-state index in [9.17, 15) is 23.9 Å². The monoisotopic (exact) mass is 543 g/mol. The molecule has 1 unspecified atom stereocenters. The summed E-state index contributed by atoms with van der Waals surface area (Å²) < 4.78 is 22.7. The molecule has 1 atom stereocenters. The van der Waals surface area contributed by atoms with E-state index in [0.717, 1.165) is 0 Å². The molecule has 0 aliphatic rings. The minimum absolute atomic E-state index is 0.0772. The van der Waals surface area contributed by atoms with Gasteiger partial charge in [0.15, 0.2) is 17.2 Å². The molecule has 0 radical (unpaired) electrons. The molecule has 38 heavy (non-hydrogen) atoms. The summed E-state index contributed by atoms with van der Waals surface area (Å²) in [6, 6.07) is 8.56. The molecule has 3 amide bonds. The maximum Gasteiger partial charge on any atom is 0.270 e. The van der Waals surface area contributed by atoms with Gasteiger partial charge in [-0.2, -0.15) is 4.37 Å². The first-order chi connectivity index (χ1) is 18.0. The van der Waals surface area contributed by atoms with Gasteiger partial charge in [0.25, 0.3) is 11.8 Å². The van der Waals surface area contributed by atoms with Gasteiger partial charge in [0.05, 0.1) is 12.8 Å². The highest BCUT2D eigenvalue weighted by molar-refractivity contribution is 7.09. The third-order valence-corrected chi connectivity index (χ3v) is 6.63. The number of nitrogens with zero attached hydrogens (tertiary/aromatic N) is 2. The Hall–Kier alpha value is -4.19. The number of nitrogen functional groups attached to an aromatic ring is 1. The normalized spacial score (nSPS) is 11.7. The fourth-order valence-electron chi connectivity index (χ4n) is 3.74. The van der Waals surface area contributed by atoms with Gasteiger partial charge in [-0.1, -0.05) is 32.0 Å². The van der Waals surface area contributed by atoms with Crippen molar-refractivity contribution in [2.24, 2.45) is 11.7 Å². The number of carbonyl (C=O) groups excluding carboxylic acids is 3. The molecule has 0 bridgehead atoms. The van der Waals surface area contributed by atoms with Crippen LogP contribution in [0.3, 0.4) is 0 Å². The predicted molar refractivity (Wildman–Crippen MR) is 141 cm³/mol. The van der Waals surface area contributed by atoms with Crippen molar-refractivity contribution in [1.29, 1.82) is 0 Å². The number of hydrogen-bond acceptors (Lipinski definition) is 8. The number of nitrogens with one attached hydrogen (secondary N) is 1. The Balaban J connectivity index is 2.14. The zero-order valence-corrected chi connectivity index (χ0v) is 22.0. The van der Waals surface area contributed by atoms with Crippen molar-refractivity contribution in [2.45, 2.75) is 32.9 Å². The molecule has 3 aromatic rings. The van der Waals surface area contributed by atoms with E-state index in [0.29, 0.717) is 41.5 Å². The molecule has 0 aliphatic heterocycles. The number of ether oxygens (including phenoxy) is 1. The van der Waals surface area contributed by atoms with Gasteiger partial charge in [-0.15, -0.1) is 0 Å². The van der Waals surface area contributed by atoms with Crippen LogP contribution in [0, 0.1) is 11.7 Å². The summed E-state index contributed by atoms with van der Waals surface area (Å²) >= 11 is 0.687. The molecule has 12 heteroatoms. The Morgan fingerprint density at radius 3 is 2.45 bits per heavy atom. The third-order valence-electron chi connectivity index (χ3n) is 5.78. The average molecular weight is 544 g/mol. The highest BCUT2D eigenvalue weighted by Gasteiger charge is 2.35. The topological polar surface area (TPSA) is 161 Å². The van der Waals surface area contributed by atoms with Crippen LogP contribution in [0.15, 0.2) is 42.5 Å². The average Bonchev–Trinajstić information content (AvgIpc) is 3.26. The summed E-state index contributed by atoms with van der Waals surface area (Å²) in [4.78, 5) is 40.5. The molecule has 2 aromatic carbocycles. The number of nitrogens with two attached hydrogens (primary N) is 2. The molecule has 202 valence electrons. The minimum Gasteiger partial charge on any atom is -0.504 e. The summed E-state index contributed by atoms with van der Waals surface area (Å²) in [5, 5.41) is 13.0. The third kappa shape index (κ3) is 6.57. The van der Waals surface area contributed by atoms with Crippen molar-refractivity contribution in [2.75, 3.05) is 19.4 Å². The van der Waals surface area contributed by atoms with Gasteiger partial charge in [-0.25, -0.2) is 4.39 Å². The number of aromatic hydroxyl groups is 1. The van der Waals surface area contributed by atoms with Crippen molar-refractivity contribution >= 4 is 34.9 Å². The van der Waals surface area contributed by atoms with Gasteiger partial charge in [0.2, 0.25) is 5.91 Å². The number of halogens is 1. The second-order valence-corrected chi connectivity index (χ2v) is 9.78. The van der Waals surface area contributed by atoms with Crippen molar-refractivity contribution in [3.8, 4) is 11.5 Å². The zero-order valence-electron chi connectivity index (χ0n) is 21.2. The summed E-state index contributed by atoms with van der Waals surface area (Å²) in [5.74, 6) is -2.26. The highest BCUT2D eigenvalue weighted by Crippen LogP contribution is 2.34. The largest absolute Gasteiger partial charge is 0.504 e. The first-order valence-electron chi connectivity index (χ1n) is 11.8. The van der Waals surface area contributed by atoms with Crippen LogP contribution in [0.25, 0.3) is 0 Å². The van der Waals surface area contributed by atoms with Crippen molar-refractivity contribution in [1.82, 2.24) is 14.6 Å². The van der Waals surface area contributed by atoms with Gasteiger partial charge in [-0.3, -0.25) is 14.4 Å². The number of phenolic OH excluding ortho intramolecular Hbond substituents is 1. The molecule has 0 fully saturated rings. The van der Waals surface area contributed by atoms with E-state index >= 15 is 0 Å². The maximum absolute atomic E-state index is 13.9. The Kier molecular flexibility index (Phi) is 9.24. The number of rotatable bonds is 11.